The summed E-state index contributed by atoms with van der Waals surface area (Å²) in [6.45, 7) is 0.814. The zero-order valence-corrected chi connectivity index (χ0v) is 25.4. The highest BCUT2D eigenvalue weighted by atomic mass is 19.5. The van der Waals surface area contributed by atoms with Gasteiger partial charge in [0, 0.05) is 28.8 Å². The van der Waals surface area contributed by atoms with Crippen LogP contribution < -0.4 is 4.57 Å². The first-order valence-electron chi connectivity index (χ1n) is 15.7. The van der Waals surface area contributed by atoms with E-state index in [2.05, 4.69) is 150 Å². The summed E-state index contributed by atoms with van der Waals surface area (Å²) in [7, 11) is -6.00. The Morgan fingerprint density at radius 2 is 0.957 bits per heavy atom. The minimum absolute atomic E-state index is 0.814. The molecule has 0 radical (unpaired) electrons. The Hall–Kier alpha value is -4.97. The SMILES string of the molecule is F[B-](F)(F)F.c1ccc(-c2cc(-c3ccccc3)[n+](Cc3cccc4c3CCCCc3ccccc3-4)c(-c3ccccc3)c2)cc1. The molecule has 1 aliphatic rings. The first-order valence-corrected chi connectivity index (χ1v) is 15.7. The fourth-order valence-corrected chi connectivity index (χ4v) is 6.40. The van der Waals surface area contributed by atoms with E-state index in [0.717, 1.165) is 19.4 Å². The van der Waals surface area contributed by atoms with Crippen molar-refractivity contribution in [2.45, 2.75) is 32.2 Å². The molecule has 0 bridgehead atoms. The Kier molecular flexibility index (Phi) is 9.44. The molecule has 7 rings (SSSR count). The topological polar surface area (TPSA) is 3.88 Å². The first kappa shape index (κ1) is 31.0. The van der Waals surface area contributed by atoms with Crippen molar-refractivity contribution in [3.8, 4) is 44.8 Å². The second kappa shape index (κ2) is 14.0. The maximum absolute atomic E-state index is 9.75. The Bertz CT molecular complexity index is 1840. The molecule has 0 atom stereocenters. The average Bonchev–Trinajstić information content (AvgIpc) is 3.06. The molecule has 5 aromatic carbocycles. The quantitative estimate of drug-likeness (QED) is 0.103. The van der Waals surface area contributed by atoms with Gasteiger partial charge >= 0.3 is 7.25 Å². The summed E-state index contributed by atoms with van der Waals surface area (Å²) < 4.78 is 41.5. The first-order chi connectivity index (χ1) is 22.3. The molecule has 0 spiro atoms. The van der Waals surface area contributed by atoms with Crippen LogP contribution in [0.1, 0.15) is 29.5 Å². The van der Waals surface area contributed by atoms with Gasteiger partial charge in [0.2, 0.25) is 11.4 Å². The summed E-state index contributed by atoms with van der Waals surface area (Å²) in [4.78, 5) is 0. The van der Waals surface area contributed by atoms with Crippen LogP contribution in [0.3, 0.4) is 0 Å². The Morgan fingerprint density at radius 1 is 0.478 bits per heavy atom. The summed E-state index contributed by atoms with van der Waals surface area (Å²) >= 11 is 0. The van der Waals surface area contributed by atoms with Crippen molar-refractivity contribution in [3.63, 3.8) is 0 Å². The molecule has 1 heterocycles. The third kappa shape index (κ3) is 7.45. The summed E-state index contributed by atoms with van der Waals surface area (Å²) in [5.41, 5.74) is 14.6. The van der Waals surface area contributed by atoms with E-state index >= 15 is 0 Å². The van der Waals surface area contributed by atoms with Crippen molar-refractivity contribution in [1.82, 2.24) is 0 Å². The van der Waals surface area contributed by atoms with Crippen LogP contribution in [-0.2, 0) is 19.4 Å². The highest BCUT2D eigenvalue weighted by Gasteiger charge is 2.25. The lowest BCUT2D eigenvalue weighted by molar-refractivity contribution is -0.666. The van der Waals surface area contributed by atoms with E-state index in [0.29, 0.717) is 0 Å². The lowest BCUT2D eigenvalue weighted by Crippen LogP contribution is -2.40. The van der Waals surface area contributed by atoms with Gasteiger partial charge < -0.3 is 17.3 Å². The van der Waals surface area contributed by atoms with Gasteiger partial charge in [0.25, 0.3) is 0 Å². The van der Waals surface area contributed by atoms with Crippen LogP contribution >= 0.6 is 0 Å². The van der Waals surface area contributed by atoms with Crippen molar-refractivity contribution in [2.24, 2.45) is 0 Å². The summed E-state index contributed by atoms with van der Waals surface area (Å²) in [6, 6.07) is 53.2. The van der Waals surface area contributed by atoms with E-state index in [-0.39, 0.29) is 0 Å². The zero-order chi connectivity index (χ0) is 31.9. The third-order valence-electron chi connectivity index (χ3n) is 8.44. The van der Waals surface area contributed by atoms with Gasteiger partial charge in [-0.1, -0.05) is 109 Å². The van der Waals surface area contributed by atoms with Crippen LogP contribution in [0.2, 0.25) is 0 Å². The molecule has 0 saturated heterocycles. The molecule has 0 amide bonds. The molecular weight excluding hydrogens is 581 g/mol. The number of hydrogen-bond donors (Lipinski definition) is 0. The van der Waals surface area contributed by atoms with Crippen LogP contribution in [0.4, 0.5) is 17.3 Å². The maximum Gasteiger partial charge on any atom is 0.673 e. The fraction of sp³-hybridized carbons (Fsp3) is 0.125. The van der Waals surface area contributed by atoms with Crippen LogP contribution in [-0.4, -0.2) is 7.25 Å². The standard InChI is InChI=1S/C40H34N.BF4/c1-4-15-30(16-5-1)35-27-39(32-19-6-2-7-20-32)41(40(28-35)33-21-8-3-9-22-33)29-34-23-14-26-38-36-24-12-10-17-31(36)18-11-13-25-37(34)38;2-1(3,4)5/h1-10,12,14-17,19-24,26-28H,11,13,18,25,29H2;/q+1;-1. The molecule has 0 N–H and O–H groups in total. The number of fused-ring (bicyclic) bond motifs is 3. The third-order valence-corrected chi connectivity index (χ3v) is 8.44. The second-order valence-corrected chi connectivity index (χ2v) is 11.5. The largest absolute Gasteiger partial charge is 0.673 e. The Labute approximate surface area is 267 Å². The monoisotopic (exact) mass is 615 g/mol. The Balaban J connectivity index is 0.000000692. The minimum atomic E-state index is -6.00. The molecule has 0 unspecified atom stereocenters. The molecule has 6 aromatic rings. The average molecular weight is 616 g/mol. The molecule has 1 aliphatic carbocycles. The van der Waals surface area contributed by atoms with Gasteiger partial charge in [0.05, 0.1) is 0 Å². The number of pyridine rings is 1. The maximum atomic E-state index is 9.75. The van der Waals surface area contributed by atoms with E-state index < -0.39 is 7.25 Å². The number of hydrogen-bond acceptors (Lipinski definition) is 0. The van der Waals surface area contributed by atoms with Crippen molar-refractivity contribution in [3.05, 3.63) is 162 Å². The summed E-state index contributed by atoms with van der Waals surface area (Å²) in [5, 5.41) is 0. The molecule has 1 aromatic heterocycles. The number of aromatic nitrogens is 1. The Morgan fingerprint density at radius 3 is 1.54 bits per heavy atom. The number of nitrogens with zero attached hydrogens (tertiary/aromatic N) is 1. The van der Waals surface area contributed by atoms with Gasteiger partial charge in [-0.3, -0.25) is 0 Å². The molecule has 46 heavy (non-hydrogen) atoms. The smallest absolute Gasteiger partial charge is 0.418 e. The summed E-state index contributed by atoms with van der Waals surface area (Å²) in [6.07, 6.45) is 4.72. The number of halogens is 4. The minimum Gasteiger partial charge on any atom is -0.418 e. The molecule has 1 nitrogen and oxygen atoms in total. The molecular formula is C40H34BF4N. The van der Waals surface area contributed by atoms with E-state index in [1.165, 1.54) is 74.3 Å². The van der Waals surface area contributed by atoms with Crippen LogP contribution in [0.15, 0.2) is 146 Å². The lowest BCUT2D eigenvalue weighted by atomic mass is 9.85. The van der Waals surface area contributed by atoms with E-state index in [1.54, 1.807) is 0 Å². The number of rotatable bonds is 5. The fourth-order valence-electron chi connectivity index (χ4n) is 6.40. The van der Waals surface area contributed by atoms with Crippen LogP contribution in [0.5, 0.6) is 0 Å². The van der Waals surface area contributed by atoms with Crippen molar-refractivity contribution < 1.29 is 21.8 Å². The number of benzene rings is 5. The number of aryl methyl sites for hydroxylation is 1. The normalized spacial score (nSPS) is 12.5. The van der Waals surface area contributed by atoms with Crippen LogP contribution in [0.25, 0.3) is 44.8 Å². The van der Waals surface area contributed by atoms with E-state index in [1.807, 2.05) is 0 Å². The highest BCUT2D eigenvalue weighted by molar-refractivity contribution is 6.50. The molecule has 230 valence electrons. The van der Waals surface area contributed by atoms with Gasteiger partial charge in [-0.05, 0) is 83.3 Å². The molecule has 0 fully saturated rings. The lowest BCUT2D eigenvalue weighted by Gasteiger charge is -2.20. The van der Waals surface area contributed by atoms with E-state index in [9.17, 15) is 17.3 Å². The van der Waals surface area contributed by atoms with Gasteiger partial charge in [0.15, 0.2) is 6.54 Å². The molecule has 6 heteroatoms. The van der Waals surface area contributed by atoms with Crippen molar-refractivity contribution >= 4 is 7.25 Å². The second-order valence-electron chi connectivity index (χ2n) is 11.5. The van der Waals surface area contributed by atoms with Crippen LogP contribution in [0, 0.1) is 0 Å². The highest BCUT2D eigenvalue weighted by Crippen LogP contribution is 2.35. The van der Waals surface area contributed by atoms with Gasteiger partial charge in [-0.25, -0.2) is 0 Å². The van der Waals surface area contributed by atoms with E-state index in [4.69, 9.17) is 0 Å². The summed E-state index contributed by atoms with van der Waals surface area (Å²) in [5.74, 6) is 0. The zero-order valence-electron chi connectivity index (χ0n) is 25.4. The van der Waals surface area contributed by atoms with Gasteiger partial charge in [0.1, 0.15) is 0 Å². The van der Waals surface area contributed by atoms with Crippen molar-refractivity contribution in [2.75, 3.05) is 0 Å². The van der Waals surface area contributed by atoms with Crippen molar-refractivity contribution in [1.29, 1.82) is 0 Å². The molecule has 0 saturated carbocycles. The van der Waals surface area contributed by atoms with Gasteiger partial charge in [-0.2, -0.15) is 4.57 Å². The molecule has 0 aliphatic heterocycles. The predicted octanol–water partition coefficient (Wildman–Crippen LogP) is 10.9. The van der Waals surface area contributed by atoms with Gasteiger partial charge in [-0.15, -0.1) is 0 Å². The predicted molar refractivity (Wildman–Crippen MR) is 181 cm³/mol.